The molecule has 2 rings (SSSR count). The van der Waals surface area contributed by atoms with Crippen LogP contribution in [0.1, 0.15) is 25.7 Å². The van der Waals surface area contributed by atoms with Crippen molar-refractivity contribution in [2.24, 2.45) is 17.6 Å². The van der Waals surface area contributed by atoms with Crippen LogP contribution in [0.25, 0.3) is 0 Å². The zero-order valence-electron chi connectivity index (χ0n) is 8.00. The Morgan fingerprint density at radius 1 is 1.08 bits per heavy atom. The van der Waals surface area contributed by atoms with Crippen LogP contribution in [0.5, 0.6) is 0 Å². The van der Waals surface area contributed by atoms with Gasteiger partial charge in [0, 0.05) is 6.04 Å². The van der Waals surface area contributed by atoms with Crippen LogP contribution in [-0.4, -0.2) is 31.1 Å². The molecule has 0 amide bonds. The van der Waals surface area contributed by atoms with Crippen molar-refractivity contribution in [3.8, 4) is 0 Å². The van der Waals surface area contributed by atoms with Gasteiger partial charge in [-0.25, -0.2) is 0 Å². The Hall–Kier alpha value is -0.0800. The first-order chi connectivity index (χ1) is 5.75. The lowest BCUT2D eigenvalue weighted by molar-refractivity contribution is 0.107. The van der Waals surface area contributed by atoms with E-state index in [2.05, 4.69) is 11.9 Å². The van der Waals surface area contributed by atoms with Gasteiger partial charge in [-0.05, 0) is 57.7 Å². The number of nitrogens with two attached hydrogens (primary N) is 1. The van der Waals surface area contributed by atoms with Crippen molar-refractivity contribution < 1.29 is 0 Å². The third-order valence-electron chi connectivity index (χ3n) is 3.64. The molecule has 2 N–H and O–H groups in total. The van der Waals surface area contributed by atoms with Crippen molar-refractivity contribution in [2.45, 2.75) is 31.7 Å². The number of nitrogens with zero attached hydrogens (tertiary/aromatic N) is 1. The highest BCUT2D eigenvalue weighted by Crippen LogP contribution is 2.37. The van der Waals surface area contributed by atoms with Crippen LogP contribution >= 0.6 is 0 Å². The molecule has 2 nitrogen and oxygen atoms in total. The third-order valence-corrected chi connectivity index (χ3v) is 3.64. The molecule has 0 aromatic carbocycles. The average Bonchev–Trinajstić information content (AvgIpc) is 2.01. The number of hydrogen-bond donors (Lipinski definition) is 1. The predicted molar refractivity (Wildman–Crippen MR) is 50.9 cm³/mol. The highest BCUT2D eigenvalue weighted by molar-refractivity contribution is 4.88. The molecule has 1 aliphatic heterocycles. The lowest BCUT2D eigenvalue weighted by Crippen LogP contribution is -2.43. The molecular formula is C10H20N2. The molecule has 2 fully saturated rings. The van der Waals surface area contributed by atoms with E-state index in [0.29, 0.717) is 6.04 Å². The van der Waals surface area contributed by atoms with E-state index in [1.807, 2.05) is 0 Å². The molecular weight excluding hydrogens is 148 g/mol. The Bertz CT molecular complexity index is 144. The zero-order valence-corrected chi connectivity index (χ0v) is 8.00. The van der Waals surface area contributed by atoms with Gasteiger partial charge in [-0.2, -0.15) is 0 Å². The topological polar surface area (TPSA) is 29.3 Å². The summed E-state index contributed by atoms with van der Waals surface area (Å²) in [5.74, 6) is 1.98. The van der Waals surface area contributed by atoms with E-state index >= 15 is 0 Å². The minimum absolute atomic E-state index is 0.537. The van der Waals surface area contributed by atoms with Gasteiger partial charge < -0.3 is 10.6 Å². The Labute approximate surface area is 75.1 Å². The monoisotopic (exact) mass is 168 g/mol. The van der Waals surface area contributed by atoms with E-state index < -0.39 is 0 Å². The minimum Gasteiger partial charge on any atom is -0.328 e. The second-order valence-corrected chi connectivity index (χ2v) is 4.63. The van der Waals surface area contributed by atoms with Crippen molar-refractivity contribution in [1.82, 2.24) is 4.90 Å². The molecule has 0 bridgehead atoms. The van der Waals surface area contributed by atoms with Crippen LogP contribution in [0.15, 0.2) is 0 Å². The minimum atomic E-state index is 0.537. The van der Waals surface area contributed by atoms with Crippen molar-refractivity contribution in [2.75, 3.05) is 20.1 Å². The Balaban J connectivity index is 1.75. The fourth-order valence-corrected chi connectivity index (χ4v) is 2.59. The normalized spacial score (nSPS) is 39.5. The van der Waals surface area contributed by atoms with Gasteiger partial charge in [-0.3, -0.25) is 0 Å². The maximum atomic E-state index is 5.79. The highest BCUT2D eigenvalue weighted by atomic mass is 15.1. The Morgan fingerprint density at radius 3 is 2.17 bits per heavy atom. The number of piperidine rings is 1. The maximum absolute atomic E-state index is 5.79. The smallest absolute Gasteiger partial charge is 0.00443 e. The van der Waals surface area contributed by atoms with Gasteiger partial charge in [-0.1, -0.05) is 0 Å². The molecule has 1 heterocycles. The van der Waals surface area contributed by atoms with Gasteiger partial charge in [0.2, 0.25) is 0 Å². The van der Waals surface area contributed by atoms with E-state index in [1.54, 1.807) is 0 Å². The maximum Gasteiger partial charge on any atom is 0.00443 e. The molecule has 0 aromatic rings. The summed E-state index contributed by atoms with van der Waals surface area (Å²) in [6, 6.07) is 0.537. The van der Waals surface area contributed by atoms with E-state index in [9.17, 15) is 0 Å². The van der Waals surface area contributed by atoms with Crippen LogP contribution in [0.3, 0.4) is 0 Å². The summed E-state index contributed by atoms with van der Waals surface area (Å²) in [4.78, 5) is 2.44. The summed E-state index contributed by atoms with van der Waals surface area (Å²) in [7, 11) is 2.22. The fraction of sp³-hybridized carbons (Fsp3) is 1.00. The van der Waals surface area contributed by atoms with Crippen LogP contribution in [0.2, 0.25) is 0 Å². The van der Waals surface area contributed by atoms with E-state index in [4.69, 9.17) is 5.73 Å². The summed E-state index contributed by atoms with van der Waals surface area (Å²) in [6.45, 7) is 2.60. The second-order valence-electron chi connectivity index (χ2n) is 4.63. The zero-order chi connectivity index (χ0) is 8.55. The summed E-state index contributed by atoms with van der Waals surface area (Å²) in [5, 5.41) is 0. The van der Waals surface area contributed by atoms with Crippen LogP contribution in [0, 0.1) is 11.8 Å². The lowest BCUT2D eigenvalue weighted by atomic mass is 9.69. The van der Waals surface area contributed by atoms with Crippen molar-refractivity contribution in [3.63, 3.8) is 0 Å². The van der Waals surface area contributed by atoms with Gasteiger partial charge >= 0.3 is 0 Å². The molecule has 2 heteroatoms. The molecule has 0 spiro atoms. The number of rotatable bonds is 1. The Kier molecular flexibility index (Phi) is 2.37. The fourth-order valence-electron chi connectivity index (χ4n) is 2.59. The highest BCUT2D eigenvalue weighted by Gasteiger charge is 2.33. The third kappa shape index (κ3) is 1.64. The summed E-state index contributed by atoms with van der Waals surface area (Å²) < 4.78 is 0. The van der Waals surface area contributed by atoms with Crippen LogP contribution < -0.4 is 5.73 Å². The van der Waals surface area contributed by atoms with Gasteiger partial charge in [0.1, 0.15) is 0 Å². The summed E-state index contributed by atoms with van der Waals surface area (Å²) in [6.07, 6.45) is 5.42. The molecule has 2 aliphatic rings. The van der Waals surface area contributed by atoms with E-state index in [-0.39, 0.29) is 0 Å². The molecule has 0 atom stereocenters. The first-order valence-electron chi connectivity index (χ1n) is 5.20. The number of likely N-dealkylation sites (tertiary alicyclic amines) is 1. The van der Waals surface area contributed by atoms with Gasteiger partial charge in [-0.15, -0.1) is 0 Å². The van der Waals surface area contributed by atoms with Crippen LogP contribution in [-0.2, 0) is 0 Å². The van der Waals surface area contributed by atoms with Gasteiger partial charge in [0.25, 0.3) is 0 Å². The van der Waals surface area contributed by atoms with E-state index in [1.165, 1.54) is 38.8 Å². The predicted octanol–water partition coefficient (Wildman–Crippen LogP) is 1.07. The first-order valence-corrected chi connectivity index (χ1v) is 5.20. The van der Waals surface area contributed by atoms with Gasteiger partial charge in [0.15, 0.2) is 0 Å². The molecule has 70 valence electrons. The molecule has 1 saturated carbocycles. The molecule has 0 radical (unpaired) electrons. The summed E-state index contributed by atoms with van der Waals surface area (Å²) >= 11 is 0. The Morgan fingerprint density at radius 2 is 1.67 bits per heavy atom. The average molecular weight is 168 g/mol. The second kappa shape index (κ2) is 3.35. The van der Waals surface area contributed by atoms with Crippen LogP contribution in [0.4, 0.5) is 0 Å². The van der Waals surface area contributed by atoms with E-state index in [0.717, 1.165) is 11.8 Å². The van der Waals surface area contributed by atoms with Crippen molar-refractivity contribution in [3.05, 3.63) is 0 Å². The van der Waals surface area contributed by atoms with Gasteiger partial charge in [0.05, 0.1) is 0 Å². The largest absolute Gasteiger partial charge is 0.328 e. The lowest BCUT2D eigenvalue weighted by Gasteiger charge is -2.42. The molecule has 0 aromatic heterocycles. The molecule has 1 aliphatic carbocycles. The SMILES string of the molecule is CN1CCC(C2CC(N)C2)CC1. The first kappa shape index (κ1) is 8.52. The molecule has 1 saturated heterocycles. The van der Waals surface area contributed by atoms with Crippen molar-refractivity contribution in [1.29, 1.82) is 0 Å². The standard InChI is InChI=1S/C10H20N2/c1-12-4-2-8(3-5-12)9-6-10(11)7-9/h8-10H,2-7,11H2,1H3. The summed E-state index contributed by atoms with van der Waals surface area (Å²) in [5.41, 5.74) is 5.79. The molecule has 0 unspecified atom stereocenters. The van der Waals surface area contributed by atoms with Crippen molar-refractivity contribution >= 4 is 0 Å². The quantitative estimate of drug-likeness (QED) is 0.634. The number of hydrogen-bond acceptors (Lipinski definition) is 2. The molecule has 12 heavy (non-hydrogen) atoms.